The number of rotatable bonds is 6. The predicted molar refractivity (Wildman–Crippen MR) is 107 cm³/mol. The van der Waals surface area contributed by atoms with Gasteiger partial charge in [-0.3, -0.25) is 0 Å². The number of benzene rings is 1. The Kier molecular flexibility index (Phi) is 5.12. The number of halogens is 3. The van der Waals surface area contributed by atoms with Gasteiger partial charge in [-0.2, -0.15) is 0 Å². The molecule has 1 saturated carbocycles. The van der Waals surface area contributed by atoms with Crippen molar-refractivity contribution in [3.8, 4) is 22.9 Å². The molecule has 6 nitrogen and oxygen atoms in total. The van der Waals surface area contributed by atoms with Crippen molar-refractivity contribution in [1.29, 1.82) is 0 Å². The van der Waals surface area contributed by atoms with Crippen molar-refractivity contribution in [1.82, 2.24) is 15.0 Å². The Hall–Kier alpha value is -2.74. The van der Waals surface area contributed by atoms with Crippen molar-refractivity contribution in [2.24, 2.45) is 5.92 Å². The predicted octanol–water partition coefficient (Wildman–Crippen LogP) is 4.85. The van der Waals surface area contributed by atoms with E-state index >= 15 is 0 Å². The maximum Gasteiger partial charge on any atom is 0.179 e. The first kappa shape index (κ1) is 19.6. The molecule has 0 saturated heterocycles. The summed E-state index contributed by atoms with van der Waals surface area (Å²) in [6, 6.07) is 2.91. The van der Waals surface area contributed by atoms with Crippen LogP contribution in [0.2, 0.25) is 5.15 Å². The van der Waals surface area contributed by atoms with Crippen molar-refractivity contribution in [3.05, 3.63) is 35.1 Å². The topological polar surface area (TPSA) is 69.2 Å². The molecule has 1 unspecified atom stereocenters. The van der Waals surface area contributed by atoms with Crippen LogP contribution in [0, 0.1) is 17.6 Å². The molecule has 0 amide bonds. The molecule has 2 aromatic heterocycles. The van der Waals surface area contributed by atoms with Gasteiger partial charge in [-0.25, -0.2) is 23.7 Å². The zero-order valence-corrected chi connectivity index (χ0v) is 16.8. The fourth-order valence-electron chi connectivity index (χ4n) is 3.24. The van der Waals surface area contributed by atoms with E-state index in [0.29, 0.717) is 22.6 Å². The van der Waals surface area contributed by atoms with Crippen molar-refractivity contribution in [2.75, 3.05) is 19.5 Å². The summed E-state index contributed by atoms with van der Waals surface area (Å²) in [6.07, 6.45) is 3.70. The minimum absolute atomic E-state index is 0.140. The van der Waals surface area contributed by atoms with E-state index in [1.54, 1.807) is 6.07 Å². The molecule has 1 atom stereocenters. The van der Waals surface area contributed by atoms with Crippen LogP contribution in [0.1, 0.15) is 19.8 Å². The lowest BCUT2D eigenvalue weighted by atomic mass is 10.1. The maximum absolute atomic E-state index is 15.0. The molecule has 1 aromatic carbocycles. The van der Waals surface area contributed by atoms with E-state index in [-0.39, 0.29) is 28.5 Å². The molecule has 29 heavy (non-hydrogen) atoms. The first-order valence-corrected chi connectivity index (χ1v) is 9.51. The van der Waals surface area contributed by atoms with Gasteiger partial charge in [-0.15, -0.1) is 0 Å². The highest BCUT2D eigenvalue weighted by Crippen LogP contribution is 2.39. The number of anilines is 1. The van der Waals surface area contributed by atoms with Gasteiger partial charge in [-0.05, 0) is 31.7 Å². The second-order valence-corrected chi connectivity index (χ2v) is 7.36. The summed E-state index contributed by atoms with van der Waals surface area (Å²) >= 11 is 6.04. The lowest BCUT2D eigenvalue weighted by Crippen LogP contribution is -2.19. The van der Waals surface area contributed by atoms with Gasteiger partial charge in [0, 0.05) is 17.5 Å². The van der Waals surface area contributed by atoms with Gasteiger partial charge in [0.1, 0.15) is 11.0 Å². The minimum atomic E-state index is -0.909. The van der Waals surface area contributed by atoms with Crippen LogP contribution in [0.3, 0.4) is 0 Å². The largest absolute Gasteiger partial charge is 0.494 e. The molecule has 1 N–H and O–H groups in total. The maximum atomic E-state index is 15.0. The van der Waals surface area contributed by atoms with Gasteiger partial charge in [0.25, 0.3) is 0 Å². The van der Waals surface area contributed by atoms with Crippen LogP contribution in [0.15, 0.2) is 18.3 Å². The fourth-order valence-corrected chi connectivity index (χ4v) is 3.40. The van der Waals surface area contributed by atoms with Crippen LogP contribution in [0.4, 0.5) is 14.6 Å². The van der Waals surface area contributed by atoms with Crippen molar-refractivity contribution in [2.45, 2.75) is 25.8 Å². The van der Waals surface area contributed by atoms with Crippen LogP contribution in [0.5, 0.6) is 11.5 Å². The van der Waals surface area contributed by atoms with Crippen LogP contribution in [-0.4, -0.2) is 35.2 Å². The van der Waals surface area contributed by atoms with Crippen LogP contribution in [0.25, 0.3) is 22.3 Å². The summed E-state index contributed by atoms with van der Waals surface area (Å²) in [5.74, 6) is -1.32. The zero-order chi connectivity index (χ0) is 20.7. The molecule has 1 aliphatic carbocycles. The van der Waals surface area contributed by atoms with Gasteiger partial charge in [0.05, 0.1) is 31.5 Å². The fraction of sp³-hybridized carbons (Fsp3) is 0.350. The van der Waals surface area contributed by atoms with E-state index in [0.717, 1.165) is 18.9 Å². The highest BCUT2D eigenvalue weighted by atomic mass is 35.5. The van der Waals surface area contributed by atoms with E-state index in [9.17, 15) is 8.78 Å². The summed E-state index contributed by atoms with van der Waals surface area (Å²) in [6.45, 7) is 2.05. The summed E-state index contributed by atoms with van der Waals surface area (Å²) < 4.78 is 40.0. The molecule has 0 spiro atoms. The molecule has 1 aliphatic rings. The molecule has 0 radical (unpaired) electrons. The second kappa shape index (κ2) is 7.59. The standard InChI is InChI=1S/C20H19ClF2N4O2/c1-9(10-4-5-10)25-19-11-6-15(21)24-8-12(11)26-20(27-19)16-17(22)13(28-2)7-14(29-3)18(16)23/h6-10H,4-5H2,1-3H3,(H,25,26,27). The molecule has 4 rings (SSSR count). The highest BCUT2D eigenvalue weighted by molar-refractivity contribution is 6.30. The third-order valence-corrected chi connectivity index (χ3v) is 5.25. The van der Waals surface area contributed by atoms with E-state index < -0.39 is 17.2 Å². The Morgan fingerprint density at radius 3 is 2.34 bits per heavy atom. The van der Waals surface area contributed by atoms with Crippen LogP contribution in [-0.2, 0) is 0 Å². The first-order chi connectivity index (χ1) is 13.9. The Morgan fingerprint density at radius 1 is 1.10 bits per heavy atom. The molecule has 9 heteroatoms. The number of ether oxygens (including phenoxy) is 2. The number of hydrogen-bond donors (Lipinski definition) is 1. The van der Waals surface area contributed by atoms with Crippen molar-refractivity contribution >= 4 is 28.3 Å². The van der Waals surface area contributed by atoms with E-state index in [1.165, 1.54) is 20.4 Å². The number of pyridine rings is 1. The second-order valence-electron chi connectivity index (χ2n) is 6.97. The Bertz CT molecular complexity index is 1060. The zero-order valence-electron chi connectivity index (χ0n) is 16.1. The van der Waals surface area contributed by atoms with Gasteiger partial charge >= 0.3 is 0 Å². The summed E-state index contributed by atoms with van der Waals surface area (Å²) in [7, 11) is 2.58. The number of hydrogen-bond acceptors (Lipinski definition) is 6. The third-order valence-electron chi connectivity index (χ3n) is 5.04. The average Bonchev–Trinajstić information content (AvgIpc) is 3.54. The number of nitrogens with one attached hydrogen (secondary N) is 1. The minimum Gasteiger partial charge on any atom is -0.494 e. The van der Waals surface area contributed by atoms with Crippen molar-refractivity contribution in [3.63, 3.8) is 0 Å². The number of fused-ring (bicyclic) bond motifs is 1. The number of nitrogens with zero attached hydrogens (tertiary/aromatic N) is 3. The highest BCUT2D eigenvalue weighted by Gasteiger charge is 2.29. The van der Waals surface area contributed by atoms with Gasteiger partial charge in [-0.1, -0.05) is 11.6 Å². The number of aromatic nitrogens is 3. The van der Waals surface area contributed by atoms with E-state index in [1.807, 2.05) is 6.92 Å². The molecule has 3 aromatic rings. The Morgan fingerprint density at radius 2 is 1.76 bits per heavy atom. The van der Waals surface area contributed by atoms with E-state index in [4.69, 9.17) is 21.1 Å². The third kappa shape index (κ3) is 3.64. The van der Waals surface area contributed by atoms with Crippen LogP contribution < -0.4 is 14.8 Å². The van der Waals surface area contributed by atoms with Gasteiger partial charge < -0.3 is 14.8 Å². The van der Waals surface area contributed by atoms with Gasteiger partial charge in [0.2, 0.25) is 0 Å². The quantitative estimate of drug-likeness (QED) is 0.575. The summed E-state index contributed by atoms with van der Waals surface area (Å²) in [5.41, 5.74) is -0.0225. The van der Waals surface area contributed by atoms with Gasteiger partial charge in [0.15, 0.2) is 29.0 Å². The lowest BCUT2D eigenvalue weighted by Gasteiger charge is -2.17. The Labute approximate surface area is 171 Å². The normalized spacial score (nSPS) is 14.7. The summed E-state index contributed by atoms with van der Waals surface area (Å²) in [5, 5.41) is 4.23. The molecule has 1 fully saturated rings. The van der Waals surface area contributed by atoms with Crippen molar-refractivity contribution < 1.29 is 18.3 Å². The van der Waals surface area contributed by atoms with Crippen LogP contribution >= 0.6 is 11.6 Å². The first-order valence-electron chi connectivity index (χ1n) is 9.13. The molecule has 0 aliphatic heterocycles. The smallest absolute Gasteiger partial charge is 0.179 e. The molecule has 2 heterocycles. The lowest BCUT2D eigenvalue weighted by molar-refractivity contribution is 0.359. The van der Waals surface area contributed by atoms with E-state index in [2.05, 4.69) is 20.3 Å². The average molecular weight is 421 g/mol. The Balaban J connectivity index is 1.94. The monoisotopic (exact) mass is 420 g/mol. The molecule has 0 bridgehead atoms. The summed E-state index contributed by atoms with van der Waals surface area (Å²) in [4.78, 5) is 12.8. The molecular weight excluding hydrogens is 402 g/mol. The molecule has 152 valence electrons. The molecular formula is C20H19ClF2N4O2. The number of methoxy groups -OCH3 is 2. The SMILES string of the molecule is COc1cc(OC)c(F)c(-c2nc(NC(C)C3CC3)c3cc(Cl)ncc3n2)c1F.